The Bertz CT molecular complexity index is 570. The number of aryl methyl sites for hydroxylation is 2. The molecule has 3 nitrogen and oxygen atoms in total. The van der Waals surface area contributed by atoms with Crippen molar-refractivity contribution in [1.29, 1.82) is 0 Å². The van der Waals surface area contributed by atoms with Gasteiger partial charge in [0.05, 0.1) is 12.6 Å². The largest absolute Gasteiger partial charge is 0.495 e. The van der Waals surface area contributed by atoms with Crippen LogP contribution in [0.2, 0.25) is 0 Å². The zero-order chi connectivity index (χ0) is 13.3. The van der Waals surface area contributed by atoms with E-state index >= 15 is 0 Å². The highest BCUT2D eigenvalue weighted by molar-refractivity contribution is 5.93. The van der Waals surface area contributed by atoms with E-state index in [1.54, 1.807) is 7.11 Å². The molecule has 0 aliphatic carbocycles. The average Bonchev–Trinajstić information content (AvgIpc) is 2.62. The van der Waals surface area contributed by atoms with Gasteiger partial charge in [0.15, 0.2) is 0 Å². The molecule has 0 aliphatic heterocycles. The van der Waals surface area contributed by atoms with Crippen LogP contribution < -0.4 is 10.1 Å². The van der Waals surface area contributed by atoms with Gasteiger partial charge in [-0.3, -0.25) is 0 Å². The van der Waals surface area contributed by atoms with E-state index in [4.69, 9.17) is 4.74 Å². The van der Waals surface area contributed by atoms with Crippen molar-refractivity contribution in [3.63, 3.8) is 0 Å². The maximum Gasteiger partial charge on any atom is 0.143 e. The summed E-state index contributed by atoms with van der Waals surface area (Å²) in [6.45, 7) is 5.35. The molecule has 3 heteroatoms. The Balaban J connectivity index is 2.74. The molecule has 0 fully saturated rings. The van der Waals surface area contributed by atoms with Crippen LogP contribution in [-0.2, 0) is 13.5 Å². The molecule has 1 aromatic carbocycles. The van der Waals surface area contributed by atoms with Gasteiger partial charge < -0.3 is 14.6 Å². The van der Waals surface area contributed by atoms with Crippen molar-refractivity contribution in [2.45, 2.75) is 20.3 Å². The highest BCUT2D eigenvalue weighted by Crippen LogP contribution is 2.34. The van der Waals surface area contributed by atoms with Crippen molar-refractivity contribution in [3.05, 3.63) is 29.0 Å². The molecule has 1 aromatic heterocycles. The number of rotatable bonds is 4. The van der Waals surface area contributed by atoms with E-state index in [0.717, 1.165) is 18.7 Å². The number of likely N-dealkylation sites (N-methyl/N-ethyl adjacent to an activating group) is 1. The molecular weight excluding hydrogens is 224 g/mol. The van der Waals surface area contributed by atoms with Gasteiger partial charge in [-0.25, -0.2) is 0 Å². The van der Waals surface area contributed by atoms with E-state index in [1.807, 2.05) is 7.05 Å². The molecule has 0 unspecified atom stereocenters. The fraction of sp³-hybridized carbons (Fsp3) is 0.467. The quantitative estimate of drug-likeness (QED) is 0.897. The van der Waals surface area contributed by atoms with E-state index in [1.165, 1.54) is 27.7 Å². The second kappa shape index (κ2) is 5.02. The first-order valence-corrected chi connectivity index (χ1v) is 6.37. The Labute approximate surface area is 109 Å². The van der Waals surface area contributed by atoms with Crippen molar-refractivity contribution >= 4 is 10.9 Å². The molecule has 98 valence electrons. The zero-order valence-corrected chi connectivity index (χ0v) is 11.9. The molecule has 0 amide bonds. The summed E-state index contributed by atoms with van der Waals surface area (Å²) in [7, 11) is 5.84. The van der Waals surface area contributed by atoms with Gasteiger partial charge in [-0.15, -0.1) is 0 Å². The van der Waals surface area contributed by atoms with Gasteiger partial charge in [-0.1, -0.05) is 6.07 Å². The van der Waals surface area contributed by atoms with Crippen LogP contribution in [0.5, 0.6) is 5.75 Å². The molecule has 0 saturated heterocycles. The second-order valence-corrected chi connectivity index (χ2v) is 4.78. The molecular formula is C15H22N2O. The Kier molecular flexibility index (Phi) is 3.62. The number of fused-ring (bicyclic) bond motifs is 1. The minimum absolute atomic E-state index is 0.955. The van der Waals surface area contributed by atoms with E-state index < -0.39 is 0 Å². The van der Waals surface area contributed by atoms with Crippen molar-refractivity contribution in [2.24, 2.45) is 7.05 Å². The van der Waals surface area contributed by atoms with Crippen LogP contribution in [0, 0.1) is 13.8 Å². The smallest absolute Gasteiger partial charge is 0.143 e. The van der Waals surface area contributed by atoms with Crippen molar-refractivity contribution in [1.82, 2.24) is 9.88 Å². The molecule has 0 saturated carbocycles. The third-order valence-corrected chi connectivity index (χ3v) is 3.77. The lowest BCUT2D eigenvalue weighted by Gasteiger charge is -2.07. The van der Waals surface area contributed by atoms with Crippen LogP contribution in [0.25, 0.3) is 10.9 Å². The monoisotopic (exact) mass is 246 g/mol. The summed E-state index contributed by atoms with van der Waals surface area (Å²) >= 11 is 0. The van der Waals surface area contributed by atoms with Crippen LogP contribution in [0.3, 0.4) is 0 Å². The van der Waals surface area contributed by atoms with Gasteiger partial charge in [0, 0.05) is 18.1 Å². The highest BCUT2D eigenvalue weighted by atomic mass is 16.5. The molecule has 0 bridgehead atoms. The Morgan fingerprint density at radius 3 is 2.61 bits per heavy atom. The molecule has 2 rings (SSSR count). The highest BCUT2D eigenvalue weighted by Gasteiger charge is 2.16. The summed E-state index contributed by atoms with van der Waals surface area (Å²) < 4.78 is 7.74. The third-order valence-electron chi connectivity index (χ3n) is 3.77. The van der Waals surface area contributed by atoms with Crippen LogP contribution in [0.4, 0.5) is 0 Å². The van der Waals surface area contributed by atoms with Crippen LogP contribution in [-0.4, -0.2) is 25.3 Å². The molecule has 0 radical (unpaired) electrons. The SMILES string of the molecule is CNCCc1c(C)n(C)c2c(OC)ccc(C)c12. The summed E-state index contributed by atoms with van der Waals surface area (Å²) in [5.74, 6) is 0.955. The molecule has 1 N–H and O–H groups in total. The number of methoxy groups -OCH3 is 1. The van der Waals surface area contributed by atoms with Gasteiger partial charge in [-0.2, -0.15) is 0 Å². The van der Waals surface area contributed by atoms with Crippen molar-refractivity contribution in [2.75, 3.05) is 20.7 Å². The number of hydrogen-bond donors (Lipinski definition) is 1. The lowest BCUT2D eigenvalue weighted by molar-refractivity contribution is 0.417. The van der Waals surface area contributed by atoms with E-state index in [9.17, 15) is 0 Å². The number of benzene rings is 1. The number of hydrogen-bond acceptors (Lipinski definition) is 2. The second-order valence-electron chi connectivity index (χ2n) is 4.78. The van der Waals surface area contributed by atoms with Crippen molar-refractivity contribution in [3.8, 4) is 5.75 Å². The average molecular weight is 246 g/mol. The standard InChI is InChI=1S/C15H22N2O/c1-10-6-7-13(18-5)15-14(10)12(8-9-16-3)11(2)17(15)4/h6-7,16H,8-9H2,1-5H3. The molecule has 0 spiro atoms. The summed E-state index contributed by atoms with van der Waals surface area (Å²) in [5, 5.41) is 4.58. The Morgan fingerprint density at radius 1 is 1.28 bits per heavy atom. The van der Waals surface area contributed by atoms with E-state index in [-0.39, 0.29) is 0 Å². The van der Waals surface area contributed by atoms with Gasteiger partial charge in [0.1, 0.15) is 5.75 Å². The minimum atomic E-state index is 0.955. The van der Waals surface area contributed by atoms with E-state index in [2.05, 4.69) is 42.9 Å². The van der Waals surface area contributed by atoms with E-state index in [0.29, 0.717) is 0 Å². The predicted octanol–water partition coefficient (Wildman–Crippen LogP) is 2.57. The lowest BCUT2D eigenvalue weighted by Crippen LogP contribution is -2.11. The van der Waals surface area contributed by atoms with Gasteiger partial charge in [-0.05, 0) is 51.1 Å². The number of nitrogens with zero attached hydrogens (tertiary/aromatic N) is 1. The first-order chi connectivity index (χ1) is 8.61. The van der Waals surface area contributed by atoms with Gasteiger partial charge in [0.25, 0.3) is 0 Å². The summed E-state index contributed by atoms with van der Waals surface area (Å²) in [4.78, 5) is 0. The molecule has 0 atom stereocenters. The Hall–Kier alpha value is -1.48. The van der Waals surface area contributed by atoms with Crippen LogP contribution in [0.15, 0.2) is 12.1 Å². The fourth-order valence-corrected chi connectivity index (χ4v) is 2.66. The molecule has 1 heterocycles. The topological polar surface area (TPSA) is 26.2 Å². The predicted molar refractivity (Wildman–Crippen MR) is 76.6 cm³/mol. The zero-order valence-electron chi connectivity index (χ0n) is 11.9. The fourth-order valence-electron chi connectivity index (χ4n) is 2.66. The normalized spacial score (nSPS) is 11.2. The maximum absolute atomic E-state index is 5.50. The Morgan fingerprint density at radius 2 is 2.00 bits per heavy atom. The third kappa shape index (κ3) is 1.89. The number of aromatic nitrogens is 1. The summed E-state index contributed by atoms with van der Waals surface area (Å²) in [6.07, 6.45) is 1.05. The number of ether oxygens (including phenoxy) is 1. The van der Waals surface area contributed by atoms with Crippen LogP contribution >= 0.6 is 0 Å². The lowest BCUT2D eigenvalue weighted by atomic mass is 10.0. The van der Waals surface area contributed by atoms with Crippen LogP contribution in [0.1, 0.15) is 16.8 Å². The van der Waals surface area contributed by atoms with Gasteiger partial charge >= 0.3 is 0 Å². The first-order valence-electron chi connectivity index (χ1n) is 6.37. The van der Waals surface area contributed by atoms with Crippen molar-refractivity contribution < 1.29 is 4.74 Å². The number of nitrogens with one attached hydrogen (secondary N) is 1. The molecule has 18 heavy (non-hydrogen) atoms. The van der Waals surface area contributed by atoms with Gasteiger partial charge in [0.2, 0.25) is 0 Å². The minimum Gasteiger partial charge on any atom is -0.495 e. The maximum atomic E-state index is 5.50. The summed E-state index contributed by atoms with van der Waals surface area (Å²) in [6, 6.07) is 4.20. The molecule has 2 aromatic rings. The molecule has 0 aliphatic rings. The summed E-state index contributed by atoms with van der Waals surface area (Å²) in [5.41, 5.74) is 5.29. The first kappa shape index (κ1) is 13.0.